The molecule has 0 fully saturated rings. The fourth-order valence-electron chi connectivity index (χ4n) is 2.14. The topological polar surface area (TPSA) is 24.1 Å². The van der Waals surface area contributed by atoms with Gasteiger partial charge in [-0.1, -0.05) is 35.9 Å². The van der Waals surface area contributed by atoms with Crippen molar-refractivity contribution in [2.75, 3.05) is 17.6 Å². The smallest absolute Gasteiger partial charge is 0.170 e. The Hall–Kier alpha value is -1.66. The molecule has 128 valence electrons. The maximum atomic E-state index is 13.5. The molecule has 0 amide bonds. The highest BCUT2D eigenvalue weighted by molar-refractivity contribution is 7.98. The minimum absolute atomic E-state index is 0.219. The van der Waals surface area contributed by atoms with E-state index in [1.165, 1.54) is 29.3 Å². The van der Waals surface area contributed by atoms with Crippen LogP contribution >= 0.6 is 24.0 Å². The van der Waals surface area contributed by atoms with Gasteiger partial charge in [-0.3, -0.25) is 0 Å². The summed E-state index contributed by atoms with van der Waals surface area (Å²) < 4.78 is 27.0. The average molecular weight is 367 g/mol. The van der Waals surface area contributed by atoms with Crippen LogP contribution in [0, 0.1) is 18.6 Å². The normalized spacial score (nSPS) is 10.5. The van der Waals surface area contributed by atoms with Crippen LogP contribution in [0.15, 0.2) is 42.5 Å². The highest BCUT2D eigenvalue weighted by Gasteiger charge is 2.09. The molecule has 6 heteroatoms. The molecule has 0 aliphatic carbocycles. The average Bonchev–Trinajstić information content (AvgIpc) is 2.54. The van der Waals surface area contributed by atoms with Crippen molar-refractivity contribution in [3.05, 3.63) is 65.2 Å². The van der Waals surface area contributed by atoms with E-state index >= 15 is 0 Å². The highest BCUT2D eigenvalue weighted by Crippen LogP contribution is 2.17. The second-order valence-electron chi connectivity index (χ2n) is 5.37. The van der Waals surface area contributed by atoms with Crippen LogP contribution in [0.25, 0.3) is 0 Å². The molecule has 0 bridgehead atoms. The molecule has 0 heterocycles. The Labute approximate surface area is 151 Å². The molecule has 0 radical (unpaired) electrons. The van der Waals surface area contributed by atoms with Crippen LogP contribution in [-0.4, -0.2) is 17.4 Å². The van der Waals surface area contributed by atoms with Crippen molar-refractivity contribution in [1.82, 2.24) is 5.32 Å². The minimum Gasteiger partial charge on any atom is -0.362 e. The van der Waals surface area contributed by atoms with Gasteiger partial charge in [0.1, 0.15) is 17.3 Å². The Balaban J connectivity index is 1.63. The molecular formula is C18H20F2N2S2. The minimum atomic E-state index is -0.659. The number of nitrogens with one attached hydrogen (secondary N) is 2. The Morgan fingerprint density at radius 2 is 1.83 bits per heavy atom. The molecule has 24 heavy (non-hydrogen) atoms. The lowest BCUT2D eigenvalue weighted by Crippen LogP contribution is -2.30. The van der Waals surface area contributed by atoms with E-state index in [2.05, 4.69) is 41.8 Å². The molecule has 0 saturated carbocycles. The summed E-state index contributed by atoms with van der Waals surface area (Å²) in [5.74, 6) is 0.642. The summed E-state index contributed by atoms with van der Waals surface area (Å²) >= 11 is 6.91. The highest BCUT2D eigenvalue weighted by atomic mass is 32.2. The van der Waals surface area contributed by atoms with Gasteiger partial charge in [-0.15, -0.1) is 0 Å². The van der Waals surface area contributed by atoms with Crippen LogP contribution in [0.3, 0.4) is 0 Å². The number of thioether (sulfide) groups is 1. The second kappa shape index (κ2) is 9.59. The summed E-state index contributed by atoms with van der Waals surface area (Å²) in [5.41, 5.74) is 2.37. The van der Waals surface area contributed by atoms with E-state index in [-0.39, 0.29) is 10.8 Å². The standard InChI is InChI=1S/C18H20F2N2S2/c1-13-5-2-6-14(11-13)12-24-10-4-9-21-18(23)22-17-15(19)7-3-8-16(17)20/h2-3,5-8,11H,4,9-10,12H2,1H3,(H2,21,22,23). The monoisotopic (exact) mass is 366 g/mol. The van der Waals surface area contributed by atoms with Gasteiger partial charge >= 0.3 is 0 Å². The largest absolute Gasteiger partial charge is 0.362 e. The van der Waals surface area contributed by atoms with Crippen molar-refractivity contribution in [1.29, 1.82) is 0 Å². The van der Waals surface area contributed by atoms with Gasteiger partial charge < -0.3 is 10.6 Å². The van der Waals surface area contributed by atoms with Crippen molar-refractivity contribution >= 4 is 34.8 Å². The van der Waals surface area contributed by atoms with Gasteiger partial charge in [0.05, 0.1) is 0 Å². The Morgan fingerprint density at radius 3 is 2.54 bits per heavy atom. The van der Waals surface area contributed by atoms with E-state index in [1.54, 1.807) is 0 Å². The van der Waals surface area contributed by atoms with E-state index in [0.29, 0.717) is 6.54 Å². The van der Waals surface area contributed by atoms with Gasteiger partial charge in [0.15, 0.2) is 5.11 Å². The van der Waals surface area contributed by atoms with E-state index in [4.69, 9.17) is 12.2 Å². The molecule has 2 aromatic carbocycles. The van der Waals surface area contributed by atoms with E-state index in [0.717, 1.165) is 17.9 Å². The molecule has 0 spiro atoms. The second-order valence-corrected chi connectivity index (χ2v) is 6.89. The maximum Gasteiger partial charge on any atom is 0.170 e. The summed E-state index contributed by atoms with van der Waals surface area (Å²) in [6.45, 7) is 2.74. The fourth-order valence-corrected chi connectivity index (χ4v) is 3.26. The fraction of sp³-hybridized carbons (Fsp3) is 0.278. The van der Waals surface area contributed by atoms with Gasteiger partial charge in [0.2, 0.25) is 0 Å². The van der Waals surface area contributed by atoms with Crippen molar-refractivity contribution in [2.45, 2.75) is 19.1 Å². The summed E-state index contributed by atoms with van der Waals surface area (Å²) in [4.78, 5) is 0. The first kappa shape index (κ1) is 18.7. The van der Waals surface area contributed by atoms with Crippen molar-refractivity contribution in [2.24, 2.45) is 0 Å². The molecule has 2 nitrogen and oxygen atoms in total. The predicted molar refractivity (Wildman–Crippen MR) is 103 cm³/mol. The SMILES string of the molecule is Cc1cccc(CSCCCNC(=S)Nc2c(F)cccc2F)c1. The van der Waals surface area contributed by atoms with Gasteiger partial charge in [-0.2, -0.15) is 11.8 Å². The number of para-hydroxylation sites is 1. The molecule has 0 atom stereocenters. The lowest BCUT2D eigenvalue weighted by Gasteiger charge is -2.11. The molecule has 0 aliphatic heterocycles. The van der Waals surface area contributed by atoms with Crippen LogP contribution in [0.2, 0.25) is 0 Å². The Bertz CT molecular complexity index is 672. The molecule has 2 rings (SSSR count). The van der Waals surface area contributed by atoms with Crippen LogP contribution in [0.5, 0.6) is 0 Å². The number of aryl methyl sites for hydroxylation is 1. The van der Waals surface area contributed by atoms with Crippen LogP contribution in [-0.2, 0) is 5.75 Å². The molecular weight excluding hydrogens is 346 g/mol. The maximum absolute atomic E-state index is 13.5. The summed E-state index contributed by atoms with van der Waals surface area (Å²) in [6.07, 6.45) is 0.915. The first-order valence-corrected chi connectivity index (χ1v) is 9.24. The van der Waals surface area contributed by atoms with E-state index in [1.807, 2.05) is 11.8 Å². The molecule has 2 aromatic rings. The van der Waals surface area contributed by atoms with Gasteiger partial charge in [0.25, 0.3) is 0 Å². The van der Waals surface area contributed by atoms with Gasteiger partial charge in [0, 0.05) is 12.3 Å². The first-order valence-electron chi connectivity index (χ1n) is 7.68. The van der Waals surface area contributed by atoms with Crippen molar-refractivity contribution < 1.29 is 8.78 Å². The number of hydrogen-bond acceptors (Lipinski definition) is 2. The zero-order chi connectivity index (χ0) is 17.4. The number of hydrogen-bond donors (Lipinski definition) is 2. The predicted octanol–water partition coefficient (Wildman–Crippen LogP) is 4.88. The molecule has 2 N–H and O–H groups in total. The summed E-state index contributed by atoms with van der Waals surface area (Å²) in [6, 6.07) is 12.2. The molecule has 0 unspecified atom stereocenters. The third kappa shape index (κ3) is 6.09. The Kier molecular flexibility index (Phi) is 7.46. The van der Waals surface area contributed by atoms with Gasteiger partial charge in [-0.25, -0.2) is 8.78 Å². The number of rotatable bonds is 7. The number of anilines is 1. The molecule has 0 aromatic heterocycles. The van der Waals surface area contributed by atoms with Crippen LogP contribution in [0.1, 0.15) is 17.5 Å². The van der Waals surface area contributed by atoms with Crippen molar-refractivity contribution in [3.63, 3.8) is 0 Å². The Morgan fingerprint density at radius 1 is 1.12 bits per heavy atom. The zero-order valence-corrected chi connectivity index (χ0v) is 15.1. The number of halogens is 2. The molecule has 0 aliphatic rings. The lowest BCUT2D eigenvalue weighted by molar-refractivity contribution is 0.591. The molecule has 0 saturated heterocycles. The zero-order valence-electron chi connectivity index (χ0n) is 13.4. The third-order valence-electron chi connectivity index (χ3n) is 3.30. The number of thiocarbonyl (C=S) groups is 1. The lowest BCUT2D eigenvalue weighted by atomic mass is 10.2. The van der Waals surface area contributed by atoms with E-state index in [9.17, 15) is 8.78 Å². The van der Waals surface area contributed by atoms with Crippen molar-refractivity contribution in [3.8, 4) is 0 Å². The quantitative estimate of drug-likeness (QED) is 0.539. The number of benzene rings is 2. The van der Waals surface area contributed by atoms with Gasteiger partial charge in [-0.05, 0) is 49.0 Å². The summed E-state index contributed by atoms with van der Waals surface area (Å²) in [5, 5.41) is 5.76. The van der Waals surface area contributed by atoms with E-state index < -0.39 is 11.6 Å². The first-order chi connectivity index (χ1) is 11.6. The third-order valence-corrected chi connectivity index (χ3v) is 4.66. The van der Waals surface area contributed by atoms with Crippen LogP contribution < -0.4 is 10.6 Å². The van der Waals surface area contributed by atoms with Crippen LogP contribution in [0.4, 0.5) is 14.5 Å². The summed E-state index contributed by atoms with van der Waals surface area (Å²) in [7, 11) is 0.